The molecule has 0 spiro atoms. The molecule has 0 bridgehead atoms. The largest absolute Gasteiger partial charge is 0.497 e. The molecular formula is C18H20ClNO4. The Morgan fingerprint density at radius 2 is 1.88 bits per heavy atom. The third-order valence-electron chi connectivity index (χ3n) is 3.33. The number of hydrogen-bond acceptors (Lipinski definition) is 4. The van der Waals surface area contributed by atoms with Gasteiger partial charge in [0.05, 0.1) is 13.7 Å². The molecule has 0 fully saturated rings. The zero-order valence-corrected chi connectivity index (χ0v) is 14.2. The van der Waals surface area contributed by atoms with Crippen LogP contribution in [-0.4, -0.2) is 24.8 Å². The van der Waals surface area contributed by atoms with Crippen LogP contribution in [0.5, 0.6) is 11.5 Å². The van der Waals surface area contributed by atoms with Gasteiger partial charge in [0.2, 0.25) is 0 Å². The lowest BCUT2D eigenvalue weighted by atomic mass is 10.2. The van der Waals surface area contributed by atoms with E-state index in [4.69, 9.17) is 26.2 Å². The highest BCUT2D eigenvalue weighted by Crippen LogP contribution is 2.26. The first kappa shape index (κ1) is 17.9. The number of hydrogen-bond donors (Lipinski definition) is 2. The van der Waals surface area contributed by atoms with Gasteiger partial charge in [0.25, 0.3) is 0 Å². The molecule has 0 aliphatic rings. The van der Waals surface area contributed by atoms with Crippen molar-refractivity contribution in [2.45, 2.75) is 19.4 Å². The molecule has 2 aromatic carbocycles. The van der Waals surface area contributed by atoms with Crippen molar-refractivity contribution in [3.8, 4) is 11.5 Å². The molecule has 0 aliphatic carbocycles. The van der Waals surface area contributed by atoms with Crippen LogP contribution in [0, 0.1) is 0 Å². The summed E-state index contributed by atoms with van der Waals surface area (Å²) in [5, 5.41) is 12.7. The van der Waals surface area contributed by atoms with E-state index in [0.717, 1.165) is 11.3 Å². The van der Waals surface area contributed by atoms with Crippen LogP contribution in [-0.2, 0) is 11.3 Å². The zero-order valence-electron chi connectivity index (χ0n) is 13.4. The number of halogens is 1. The lowest BCUT2D eigenvalue weighted by Gasteiger charge is -2.12. The topological polar surface area (TPSA) is 67.8 Å². The molecule has 0 heterocycles. The fourth-order valence-electron chi connectivity index (χ4n) is 2.09. The third-order valence-corrected chi connectivity index (χ3v) is 3.58. The highest BCUT2D eigenvalue weighted by molar-refractivity contribution is 6.30. The van der Waals surface area contributed by atoms with Crippen molar-refractivity contribution in [2.75, 3.05) is 19.0 Å². The van der Waals surface area contributed by atoms with E-state index < -0.39 is 5.97 Å². The highest BCUT2D eigenvalue weighted by atomic mass is 35.5. The van der Waals surface area contributed by atoms with E-state index in [9.17, 15) is 4.79 Å². The predicted molar refractivity (Wildman–Crippen MR) is 94.1 cm³/mol. The van der Waals surface area contributed by atoms with Gasteiger partial charge in [-0.2, -0.15) is 0 Å². The quantitative estimate of drug-likeness (QED) is 0.664. The molecule has 2 rings (SSSR count). The van der Waals surface area contributed by atoms with E-state index in [1.807, 2.05) is 36.4 Å². The van der Waals surface area contributed by atoms with Crippen molar-refractivity contribution in [1.82, 2.24) is 0 Å². The van der Waals surface area contributed by atoms with Crippen LogP contribution >= 0.6 is 11.6 Å². The summed E-state index contributed by atoms with van der Waals surface area (Å²) in [6.45, 7) is 0.985. The molecule has 0 aliphatic heterocycles. The zero-order chi connectivity index (χ0) is 17.4. The second-order valence-electron chi connectivity index (χ2n) is 5.22. The second kappa shape index (κ2) is 9.03. The Balaban J connectivity index is 1.96. The van der Waals surface area contributed by atoms with Gasteiger partial charge in [-0.25, -0.2) is 0 Å². The monoisotopic (exact) mass is 349 g/mol. The molecule has 24 heavy (non-hydrogen) atoms. The lowest BCUT2D eigenvalue weighted by molar-refractivity contribution is -0.137. The Morgan fingerprint density at radius 1 is 1.17 bits per heavy atom. The van der Waals surface area contributed by atoms with E-state index in [2.05, 4.69) is 5.32 Å². The molecule has 0 saturated carbocycles. The second-order valence-corrected chi connectivity index (χ2v) is 5.66. The Labute approximate surface area is 146 Å². The van der Waals surface area contributed by atoms with Gasteiger partial charge in [-0.1, -0.05) is 23.7 Å². The van der Waals surface area contributed by atoms with Crippen molar-refractivity contribution >= 4 is 23.3 Å². The van der Waals surface area contributed by atoms with Crippen LogP contribution in [0.4, 0.5) is 5.69 Å². The lowest BCUT2D eigenvalue weighted by Crippen LogP contribution is -2.03. The first-order valence-corrected chi connectivity index (χ1v) is 7.96. The molecule has 6 heteroatoms. The molecule has 2 N–H and O–H groups in total. The summed E-state index contributed by atoms with van der Waals surface area (Å²) < 4.78 is 10.9. The molecule has 0 amide bonds. The standard InChI is InChI=1S/C18H20ClNO4/c1-23-16-9-15(20-12-13-4-6-14(19)7-5-13)10-17(11-16)24-8-2-3-18(21)22/h4-7,9-11,20H,2-3,8,12H2,1H3,(H,21,22). The summed E-state index contributed by atoms with van der Waals surface area (Å²) in [6, 6.07) is 13.1. The van der Waals surface area contributed by atoms with Crippen LogP contribution < -0.4 is 14.8 Å². The maximum Gasteiger partial charge on any atom is 0.303 e. The first-order valence-electron chi connectivity index (χ1n) is 7.59. The minimum Gasteiger partial charge on any atom is -0.497 e. The molecular weight excluding hydrogens is 330 g/mol. The average Bonchev–Trinajstić information content (AvgIpc) is 2.58. The number of ether oxygens (including phenoxy) is 2. The number of aliphatic carboxylic acids is 1. The maximum absolute atomic E-state index is 10.5. The van der Waals surface area contributed by atoms with Gasteiger partial charge in [-0.15, -0.1) is 0 Å². The summed E-state index contributed by atoms with van der Waals surface area (Å²) >= 11 is 5.88. The number of nitrogens with one attached hydrogen (secondary N) is 1. The van der Waals surface area contributed by atoms with Gasteiger partial charge < -0.3 is 19.9 Å². The van der Waals surface area contributed by atoms with Gasteiger partial charge in [-0.05, 0) is 24.1 Å². The van der Waals surface area contributed by atoms with Gasteiger partial charge in [0.1, 0.15) is 11.5 Å². The Morgan fingerprint density at radius 3 is 2.54 bits per heavy atom. The average molecular weight is 350 g/mol. The molecule has 0 radical (unpaired) electrons. The number of methoxy groups -OCH3 is 1. The van der Waals surface area contributed by atoms with Crippen molar-refractivity contribution in [3.63, 3.8) is 0 Å². The number of carboxylic acid groups (broad SMARTS) is 1. The molecule has 0 unspecified atom stereocenters. The molecule has 0 atom stereocenters. The van der Waals surface area contributed by atoms with E-state index in [1.165, 1.54) is 0 Å². The van der Waals surface area contributed by atoms with Gasteiger partial charge in [0.15, 0.2) is 0 Å². The number of carbonyl (C=O) groups is 1. The third kappa shape index (κ3) is 6.01. The van der Waals surface area contributed by atoms with Gasteiger partial charge in [0, 0.05) is 41.9 Å². The summed E-state index contributed by atoms with van der Waals surface area (Å²) in [5.41, 5.74) is 1.96. The van der Waals surface area contributed by atoms with E-state index in [1.54, 1.807) is 13.2 Å². The Kier molecular flexibility index (Phi) is 6.75. The fourth-order valence-corrected chi connectivity index (χ4v) is 2.22. The van der Waals surface area contributed by atoms with E-state index >= 15 is 0 Å². The molecule has 5 nitrogen and oxygen atoms in total. The summed E-state index contributed by atoms with van der Waals surface area (Å²) in [7, 11) is 1.59. The summed E-state index contributed by atoms with van der Waals surface area (Å²) in [4.78, 5) is 10.5. The predicted octanol–water partition coefficient (Wildman–Crippen LogP) is 4.20. The first-order chi connectivity index (χ1) is 11.6. The Hall–Kier alpha value is -2.40. The van der Waals surface area contributed by atoms with Crippen LogP contribution in [0.1, 0.15) is 18.4 Å². The van der Waals surface area contributed by atoms with Gasteiger partial charge >= 0.3 is 5.97 Å². The number of carboxylic acids is 1. The number of benzene rings is 2. The SMILES string of the molecule is COc1cc(NCc2ccc(Cl)cc2)cc(OCCCC(=O)O)c1. The molecule has 2 aromatic rings. The fraction of sp³-hybridized carbons (Fsp3) is 0.278. The highest BCUT2D eigenvalue weighted by Gasteiger charge is 2.04. The molecule has 0 saturated heterocycles. The van der Waals surface area contributed by atoms with Gasteiger partial charge in [-0.3, -0.25) is 4.79 Å². The van der Waals surface area contributed by atoms with Crippen LogP contribution in [0.2, 0.25) is 5.02 Å². The summed E-state index contributed by atoms with van der Waals surface area (Å²) in [6.07, 6.45) is 0.547. The van der Waals surface area contributed by atoms with Crippen molar-refractivity contribution in [1.29, 1.82) is 0 Å². The molecule has 128 valence electrons. The van der Waals surface area contributed by atoms with Crippen LogP contribution in [0.25, 0.3) is 0 Å². The van der Waals surface area contributed by atoms with Crippen LogP contribution in [0.3, 0.4) is 0 Å². The normalized spacial score (nSPS) is 10.2. The summed E-state index contributed by atoms with van der Waals surface area (Å²) in [5.74, 6) is 0.484. The minimum absolute atomic E-state index is 0.0889. The van der Waals surface area contributed by atoms with Crippen molar-refractivity contribution in [3.05, 3.63) is 53.1 Å². The smallest absolute Gasteiger partial charge is 0.303 e. The number of rotatable bonds is 9. The minimum atomic E-state index is -0.824. The Bertz CT molecular complexity index is 673. The number of anilines is 1. The van der Waals surface area contributed by atoms with Crippen LogP contribution in [0.15, 0.2) is 42.5 Å². The van der Waals surface area contributed by atoms with Crippen molar-refractivity contribution in [2.24, 2.45) is 0 Å². The van der Waals surface area contributed by atoms with Crippen molar-refractivity contribution < 1.29 is 19.4 Å². The van der Waals surface area contributed by atoms with E-state index in [-0.39, 0.29) is 6.42 Å². The van der Waals surface area contributed by atoms with E-state index in [0.29, 0.717) is 36.1 Å². The maximum atomic E-state index is 10.5. The molecule has 0 aromatic heterocycles.